The van der Waals surface area contributed by atoms with E-state index in [4.69, 9.17) is 0 Å². The van der Waals surface area contributed by atoms with Crippen LogP contribution >= 0.6 is 0 Å². The first-order chi connectivity index (χ1) is 15.1. The highest BCUT2D eigenvalue weighted by molar-refractivity contribution is 5.89. The minimum absolute atomic E-state index is 0.0166. The molecule has 3 heteroatoms. The van der Waals surface area contributed by atoms with Crippen LogP contribution in [-0.2, 0) is 4.79 Å². The van der Waals surface area contributed by atoms with Crippen molar-refractivity contribution in [2.24, 2.45) is 50.7 Å². The number of ketones is 1. The van der Waals surface area contributed by atoms with Crippen LogP contribution in [-0.4, -0.2) is 27.7 Å². The number of Topliss-reactive ketones (excluding diaryl/α,β-unsaturated/α-hetero) is 1. The Hall–Kier alpha value is -0.670. The standard InChI is InChI=1S/C30H48O3/c1-18(2)19-9-12-26(5)15-16-27(6)20(24(19)26)10-14-30(33)28(7)13-11-22(31)25(3,4)21(28)17-23(32)29(27,30)8/h19-22,24,31,33H,1,9-17H2,2-8H3. The Morgan fingerprint density at radius 1 is 0.909 bits per heavy atom. The van der Waals surface area contributed by atoms with Crippen molar-refractivity contribution < 1.29 is 15.0 Å². The van der Waals surface area contributed by atoms with E-state index < -0.39 is 17.1 Å². The molecule has 2 N–H and O–H groups in total. The second-order valence-corrected chi connectivity index (χ2v) is 14.7. The highest BCUT2D eigenvalue weighted by atomic mass is 16.3. The Bertz CT molecular complexity index is 891. The van der Waals surface area contributed by atoms with Gasteiger partial charge in [-0.15, -0.1) is 0 Å². The fourth-order valence-electron chi connectivity index (χ4n) is 11.1. The summed E-state index contributed by atoms with van der Waals surface area (Å²) in [6, 6.07) is 0. The molecule has 0 aromatic carbocycles. The molecule has 0 aromatic rings. The fourth-order valence-corrected chi connectivity index (χ4v) is 11.1. The average molecular weight is 457 g/mol. The Morgan fingerprint density at radius 3 is 2.21 bits per heavy atom. The Balaban J connectivity index is 1.64. The Kier molecular flexibility index (Phi) is 4.92. The Morgan fingerprint density at radius 2 is 1.58 bits per heavy atom. The van der Waals surface area contributed by atoms with Gasteiger partial charge in [0.05, 0.1) is 17.1 Å². The molecule has 5 aliphatic rings. The van der Waals surface area contributed by atoms with Crippen LogP contribution in [0.2, 0.25) is 0 Å². The number of carbonyl (C=O) groups is 1. The van der Waals surface area contributed by atoms with E-state index in [-0.39, 0.29) is 27.9 Å². The van der Waals surface area contributed by atoms with Gasteiger partial charge in [0.15, 0.2) is 0 Å². The lowest BCUT2D eigenvalue weighted by molar-refractivity contribution is -0.305. The molecule has 0 bridgehead atoms. The van der Waals surface area contributed by atoms with E-state index in [9.17, 15) is 15.0 Å². The number of hydrogen-bond donors (Lipinski definition) is 2. The van der Waals surface area contributed by atoms with Gasteiger partial charge < -0.3 is 10.2 Å². The van der Waals surface area contributed by atoms with Crippen LogP contribution in [0, 0.1) is 50.7 Å². The highest BCUT2D eigenvalue weighted by Gasteiger charge is 2.78. The van der Waals surface area contributed by atoms with Crippen molar-refractivity contribution in [3.63, 3.8) is 0 Å². The second kappa shape index (κ2) is 6.75. The quantitative estimate of drug-likeness (QED) is 0.454. The van der Waals surface area contributed by atoms with Gasteiger partial charge in [0.2, 0.25) is 0 Å². The van der Waals surface area contributed by atoms with Crippen LogP contribution in [0.25, 0.3) is 0 Å². The summed E-state index contributed by atoms with van der Waals surface area (Å²) in [6.07, 6.45) is 7.99. The number of allylic oxidation sites excluding steroid dienone is 1. The minimum Gasteiger partial charge on any atom is -0.393 e. The largest absolute Gasteiger partial charge is 0.393 e. The number of carbonyl (C=O) groups excluding carboxylic acids is 1. The molecule has 0 spiro atoms. The van der Waals surface area contributed by atoms with Crippen molar-refractivity contribution in [3.05, 3.63) is 12.2 Å². The lowest BCUT2D eigenvalue weighted by atomic mass is 9.30. The van der Waals surface area contributed by atoms with Gasteiger partial charge in [-0.25, -0.2) is 0 Å². The Labute approximate surface area is 201 Å². The SMILES string of the molecule is C=C(C)C1CCC2(C)CCC3(C)C(CCC4(O)C5(C)CCC(O)C(C)(C)C5CC(=O)C34C)C12. The normalized spacial score (nSPS) is 57.5. The zero-order valence-electron chi connectivity index (χ0n) is 22.3. The highest BCUT2D eigenvalue weighted by Crippen LogP contribution is 2.77. The first-order valence-corrected chi connectivity index (χ1v) is 13.7. The molecule has 0 aromatic heterocycles. The van der Waals surface area contributed by atoms with Gasteiger partial charge in [-0.2, -0.15) is 0 Å². The van der Waals surface area contributed by atoms with Gasteiger partial charge in [-0.1, -0.05) is 46.8 Å². The fraction of sp³-hybridized carbons (Fsp3) is 0.900. The van der Waals surface area contributed by atoms with E-state index in [2.05, 4.69) is 55.0 Å². The molecule has 0 amide bonds. The molecule has 5 rings (SSSR count). The topological polar surface area (TPSA) is 57.5 Å². The summed E-state index contributed by atoms with van der Waals surface area (Å²) in [5, 5.41) is 23.7. The average Bonchev–Trinajstić information content (AvgIpc) is 3.09. The van der Waals surface area contributed by atoms with Crippen LogP contribution in [0.15, 0.2) is 12.2 Å². The molecule has 5 aliphatic carbocycles. The summed E-state index contributed by atoms with van der Waals surface area (Å²) >= 11 is 0. The van der Waals surface area contributed by atoms with E-state index in [1.807, 2.05) is 0 Å². The first kappa shape index (κ1) is 24.0. The van der Waals surface area contributed by atoms with Crippen LogP contribution in [0.4, 0.5) is 0 Å². The number of aliphatic hydroxyl groups excluding tert-OH is 1. The number of aliphatic hydroxyl groups is 2. The molecule has 10 atom stereocenters. The van der Waals surface area contributed by atoms with Crippen molar-refractivity contribution in [1.29, 1.82) is 0 Å². The van der Waals surface area contributed by atoms with Gasteiger partial charge in [0, 0.05) is 11.8 Å². The van der Waals surface area contributed by atoms with Gasteiger partial charge >= 0.3 is 0 Å². The summed E-state index contributed by atoms with van der Waals surface area (Å²) in [5.41, 5.74) is -1.03. The van der Waals surface area contributed by atoms with Crippen molar-refractivity contribution >= 4 is 5.78 Å². The van der Waals surface area contributed by atoms with Crippen molar-refractivity contribution in [2.75, 3.05) is 0 Å². The maximum absolute atomic E-state index is 14.3. The monoisotopic (exact) mass is 456 g/mol. The van der Waals surface area contributed by atoms with Crippen molar-refractivity contribution in [1.82, 2.24) is 0 Å². The maximum atomic E-state index is 14.3. The second-order valence-electron chi connectivity index (χ2n) is 14.7. The van der Waals surface area contributed by atoms with Gasteiger partial charge in [0.25, 0.3) is 0 Å². The number of fused-ring (bicyclic) bond motifs is 7. The molecule has 5 fully saturated rings. The minimum atomic E-state index is -1.02. The molecule has 0 saturated heterocycles. The summed E-state index contributed by atoms with van der Waals surface area (Å²) in [7, 11) is 0. The van der Waals surface area contributed by atoms with Crippen LogP contribution < -0.4 is 0 Å². The lowest BCUT2D eigenvalue weighted by Crippen LogP contribution is -2.78. The molecule has 186 valence electrons. The molecular formula is C30H48O3. The van der Waals surface area contributed by atoms with E-state index in [1.54, 1.807) is 0 Å². The molecule has 0 heterocycles. The molecule has 0 radical (unpaired) electrons. The van der Waals surface area contributed by atoms with Crippen LogP contribution in [0.3, 0.4) is 0 Å². The van der Waals surface area contributed by atoms with Crippen LogP contribution in [0.5, 0.6) is 0 Å². The summed E-state index contributed by atoms with van der Waals surface area (Å²) in [4.78, 5) is 14.3. The van der Waals surface area contributed by atoms with E-state index >= 15 is 0 Å². The summed E-state index contributed by atoms with van der Waals surface area (Å²) in [5.74, 6) is 1.84. The molecular weight excluding hydrogens is 408 g/mol. The molecule has 5 saturated carbocycles. The molecule has 3 nitrogen and oxygen atoms in total. The summed E-state index contributed by atoms with van der Waals surface area (Å²) in [6.45, 7) is 20.1. The van der Waals surface area contributed by atoms with E-state index in [0.29, 0.717) is 42.4 Å². The van der Waals surface area contributed by atoms with Gasteiger partial charge in [-0.3, -0.25) is 4.79 Å². The molecule has 10 unspecified atom stereocenters. The summed E-state index contributed by atoms with van der Waals surface area (Å²) < 4.78 is 0. The van der Waals surface area contributed by atoms with E-state index in [1.165, 1.54) is 18.4 Å². The zero-order chi connectivity index (χ0) is 24.4. The van der Waals surface area contributed by atoms with Crippen molar-refractivity contribution in [2.45, 2.75) is 118 Å². The lowest BCUT2D eigenvalue weighted by Gasteiger charge is -2.74. The van der Waals surface area contributed by atoms with Gasteiger partial charge in [0.1, 0.15) is 5.78 Å². The smallest absolute Gasteiger partial charge is 0.142 e. The predicted octanol–water partition coefficient (Wildman–Crippen LogP) is 6.32. The van der Waals surface area contributed by atoms with Crippen molar-refractivity contribution in [3.8, 4) is 0 Å². The number of hydrogen-bond acceptors (Lipinski definition) is 3. The van der Waals surface area contributed by atoms with Gasteiger partial charge in [-0.05, 0) is 105 Å². The molecule has 33 heavy (non-hydrogen) atoms. The van der Waals surface area contributed by atoms with Crippen LogP contribution in [0.1, 0.15) is 106 Å². The predicted molar refractivity (Wildman–Crippen MR) is 132 cm³/mol. The zero-order valence-corrected chi connectivity index (χ0v) is 22.3. The maximum Gasteiger partial charge on any atom is 0.142 e. The van der Waals surface area contributed by atoms with E-state index in [0.717, 1.165) is 25.7 Å². The molecule has 0 aliphatic heterocycles. The third-order valence-electron chi connectivity index (χ3n) is 13.5. The third-order valence-corrected chi connectivity index (χ3v) is 13.5. The first-order valence-electron chi connectivity index (χ1n) is 13.7. The third kappa shape index (κ3) is 2.52. The number of rotatable bonds is 1.